The topological polar surface area (TPSA) is 60.4 Å². The molecule has 2 aliphatic heterocycles. The molecule has 0 radical (unpaired) electrons. The smallest absolute Gasteiger partial charge is 0.251 e. The molecule has 6 heteroatoms. The van der Waals surface area contributed by atoms with Gasteiger partial charge in [0, 0.05) is 17.5 Å². The van der Waals surface area contributed by atoms with Crippen LogP contribution in [0.1, 0.15) is 33.9 Å². The van der Waals surface area contributed by atoms with Crippen LogP contribution in [0.15, 0.2) is 77.9 Å². The Hall–Kier alpha value is -3.80. The molecular weight excluding hydrogens is 392 g/mol. The highest BCUT2D eigenvalue weighted by molar-refractivity contribution is 6.03. The van der Waals surface area contributed by atoms with E-state index in [0.29, 0.717) is 17.7 Å². The fourth-order valence-corrected chi connectivity index (χ4v) is 4.06. The zero-order valence-corrected chi connectivity index (χ0v) is 17.3. The van der Waals surface area contributed by atoms with Gasteiger partial charge in [0.05, 0.1) is 26.0 Å². The van der Waals surface area contributed by atoms with E-state index < -0.39 is 6.23 Å². The number of hydrazone groups is 1. The third kappa shape index (κ3) is 3.40. The molecule has 3 aromatic rings. The minimum absolute atomic E-state index is 0.0609. The molecule has 0 fully saturated rings. The van der Waals surface area contributed by atoms with E-state index in [1.54, 1.807) is 43.5 Å². The molecule has 0 saturated carbocycles. The van der Waals surface area contributed by atoms with Crippen LogP contribution in [0.3, 0.4) is 0 Å². The maximum atomic E-state index is 13.4. The van der Waals surface area contributed by atoms with Gasteiger partial charge >= 0.3 is 0 Å². The minimum Gasteiger partial charge on any atom is -0.497 e. The zero-order valence-electron chi connectivity index (χ0n) is 17.3. The highest BCUT2D eigenvalue weighted by Crippen LogP contribution is 2.43. The van der Waals surface area contributed by atoms with E-state index in [4.69, 9.17) is 19.3 Å². The Kier molecular flexibility index (Phi) is 4.82. The summed E-state index contributed by atoms with van der Waals surface area (Å²) in [7, 11) is 3.24. The van der Waals surface area contributed by atoms with Crippen LogP contribution in [0, 0.1) is 0 Å². The molecule has 0 amide bonds. The van der Waals surface area contributed by atoms with E-state index >= 15 is 0 Å². The maximum absolute atomic E-state index is 13.4. The third-order valence-electron chi connectivity index (χ3n) is 5.72. The number of benzene rings is 3. The summed E-state index contributed by atoms with van der Waals surface area (Å²) in [5.41, 5.74) is 3.51. The van der Waals surface area contributed by atoms with Gasteiger partial charge in [0.1, 0.15) is 17.2 Å². The average Bonchev–Trinajstić information content (AvgIpc) is 3.29. The number of carbonyl (C=O) groups excluding carboxylic acids is 1. The van der Waals surface area contributed by atoms with Crippen LogP contribution in [0.25, 0.3) is 0 Å². The van der Waals surface area contributed by atoms with Crippen molar-refractivity contribution in [2.75, 3.05) is 14.2 Å². The Morgan fingerprint density at radius 3 is 2.26 bits per heavy atom. The Morgan fingerprint density at radius 2 is 1.58 bits per heavy atom. The average molecular weight is 414 g/mol. The second-order valence-electron chi connectivity index (χ2n) is 7.48. The number of para-hydroxylation sites is 1. The predicted octanol–water partition coefficient (Wildman–Crippen LogP) is 4.46. The molecule has 0 spiro atoms. The van der Waals surface area contributed by atoms with Crippen LogP contribution >= 0.6 is 0 Å². The van der Waals surface area contributed by atoms with E-state index in [9.17, 15) is 4.79 Å². The van der Waals surface area contributed by atoms with Crippen LogP contribution in [-0.2, 0) is 0 Å². The zero-order chi connectivity index (χ0) is 21.4. The molecule has 0 aliphatic carbocycles. The first-order chi connectivity index (χ1) is 15.2. The molecule has 2 atom stereocenters. The van der Waals surface area contributed by atoms with Crippen molar-refractivity contribution in [3.63, 3.8) is 0 Å². The number of hydrogen-bond donors (Lipinski definition) is 0. The Balaban J connectivity index is 1.51. The first-order valence-electron chi connectivity index (χ1n) is 10.1. The van der Waals surface area contributed by atoms with Gasteiger partial charge < -0.3 is 14.2 Å². The summed E-state index contributed by atoms with van der Waals surface area (Å²) < 4.78 is 16.6. The molecule has 0 bridgehead atoms. The summed E-state index contributed by atoms with van der Waals surface area (Å²) in [5, 5.41) is 6.64. The van der Waals surface area contributed by atoms with Gasteiger partial charge in [-0.2, -0.15) is 5.10 Å². The Bertz CT molecular complexity index is 1140. The number of nitrogens with zero attached hydrogens (tertiary/aromatic N) is 2. The molecular formula is C25H22N2O4. The molecule has 156 valence electrons. The van der Waals surface area contributed by atoms with Gasteiger partial charge in [0.25, 0.3) is 6.23 Å². The molecule has 6 nitrogen and oxygen atoms in total. The lowest BCUT2D eigenvalue weighted by molar-refractivity contribution is -0.00455. The molecule has 0 saturated heterocycles. The van der Waals surface area contributed by atoms with Crippen molar-refractivity contribution >= 4 is 11.5 Å². The number of Topliss-reactive ketones (excluding diaryl/α,β-unsaturated/α-hetero) is 1. The molecule has 3 aromatic carbocycles. The molecule has 2 heterocycles. The SMILES string of the molecule is COc1ccc(C(=O)[C@H]2Oc3ccccc3[C@H]3CC(c4ccc(OC)cc4)=NN23)cc1. The van der Waals surface area contributed by atoms with Crippen LogP contribution in [-0.4, -0.2) is 37.0 Å². The van der Waals surface area contributed by atoms with Crippen LogP contribution in [0.4, 0.5) is 0 Å². The van der Waals surface area contributed by atoms with E-state index in [2.05, 4.69) is 0 Å². The normalized spacial score (nSPS) is 19.0. The lowest BCUT2D eigenvalue weighted by atomic mass is 9.96. The number of fused-ring (bicyclic) bond motifs is 3. The first kappa shape index (κ1) is 19.2. The number of ketones is 1. The van der Waals surface area contributed by atoms with Crippen molar-refractivity contribution in [2.45, 2.75) is 18.7 Å². The molecule has 0 N–H and O–H groups in total. The quantitative estimate of drug-likeness (QED) is 0.577. The van der Waals surface area contributed by atoms with E-state index in [1.807, 2.05) is 48.5 Å². The van der Waals surface area contributed by atoms with E-state index in [-0.39, 0.29) is 11.8 Å². The molecule has 31 heavy (non-hydrogen) atoms. The molecule has 5 rings (SSSR count). The number of ether oxygens (including phenoxy) is 3. The minimum atomic E-state index is -0.830. The summed E-state index contributed by atoms with van der Waals surface area (Å²) >= 11 is 0. The third-order valence-corrected chi connectivity index (χ3v) is 5.72. The molecule has 0 aromatic heterocycles. The number of hydrogen-bond acceptors (Lipinski definition) is 6. The van der Waals surface area contributed by atoms with Crippen LogP contribution in [0.2, 0.25) is 0 Å². The van der Waals surface area contributed by atoms with Crippen LogP contribution < -0.4 is 14.2 Å². The Morgan fingerprint density at radius 1 is 0.935 bits per heavy atom. The fourth-order valence-electron chi connectivity index (χ4n) is 4.06. The maximum Gasteiger partial charge on any atom is 0.251 e. The Labute approximate surface area is 180 Å². The molecule has 0 unspecified atom stereocenters. The van der Waals surface area contributed by atoms with Crippen molar-refractivity contribution in [3.8, 4) is 17.2 Å². The monoisotopic (exact) mass is 414 g/mol. The van der Waals surface area contributed by atoms with Gasteiger partial charge in [0.2, 0.25) is 5.78 Å². The van der Waals surface area contributed by atoms with Crippen molar-refractivity contribution in [1.82, 2.24) is 5.01 Å². The van der Waals surface area contributed by atoms with Gasteiger partial charge in [-0.1, -0.05) is 18.2 Å². The summed E-state index contributed by atoms with van der Waals surface area (Å²) in [6, 6.07) is 22.7. The largest absolute Gasteiger partial charge is 0.497 e. The summed E-state index contributed by atoms with van der Waals surface area (Å²) in [5.74, 6) is 2.08. The number of rotatable bonds is 5. The predicted molar refractivity (Wildman–Crippen MR) is 117 cm³/mol. The summed E-state index contributed by atoms with van der Waals surface area (Å²) in [6.07, 6.45) is -0.136. The summed E-state index contributed by atoms with van der Waals surface area (Å²) in [4.78, 5) is 13.4. The van der Waals surface area contributed by atoms with Crippen molar-refractivity contribution in [3.05, 3.63) is 89.5 Å². The standard InChI is InChI=1S/C25H22N2O4/c1-29-18-11-7-16(8-12-18)21-15-22-20-5-3-4-6-23(20)31-25(27(22)26-21)24(28)17-9-13-19(30-2)14-10-17/h3-14,22,25H,15H2,1-2H3/t22-,25-/m1/s1. The van der Waals surface area contributed by atoms with Gasteiger partial charge in [-0.15, -0.1) is 0 Å². The van der Waals surface area contributed by atoms with Gasteiger partial charge in [-0.05, 0) is 60.2 Å². The highest BCUT2D eigenvalue weighted by Gasteiger charge is 2.43. The lowest BCUT2D eigenvalue weighted by Gasteiger charge is -2.37. The summed E-state index contributed by atoms with van der Waals surface area (Å²) in [6.45, 7) is 0. The highest BCUT2D eigenvalue weighted by atomic mass is 16.5. The van der Waals surface area contributed by atoms with Gasteiger partial charge in [-0.3, -0.25) is 4.79 Å². The number of methoxy groups -OCH3 is 2. The fraction of sp³-hybridized carbons (Fsp3) is 0.200. The van der Waals surface area contributed by atoms with Gasteiger partial charge in [0.15, 0.2) is 0 Å². The van der Waals surface area contributed by atoms with Crippen LogP contribution in [0.5, 0.6) is 17.2 Å². The van der Waals surface area contributed by atoms with Gasteiger partial charge in [-0.25, -0.2) is 5.01 Å². The number of carbonyl (C=O) groups is 1. The van der Waals surface area contributed by atoms with Crippen molar-refractivity contribution in [1.29, 1.82) is 0 Å². The van der Waals surface area contributed by atoms with E-state index in [1.165, 1.54) is 0 Å². The first-order valence-corrected chi connectivity index (χ1v) is 10.1. The van der Waals surface area contributed by atoms with E-state index in [0.717, 1.165) is 28.3 Å². The lowest BCUT2D eigenvalue weighted by Crippen LogP contribution is -2.45. The van der Waals surface area contributed by atoms with Crippen molar-refractivity contribution in [2.24, 2.45) is 5.10 Å². The second-order valence-corrected chi connectivity index (χ2v) is 7.48. The second kappa shape index (κ2) is 7.80. The van der Waals surface area contributed by atoms with Crippen molar-refractivity contribution < 1.29 is 19.0 Å². The molecule has 2 aliphatic rings.